The van der Waals surface area contributed by atoms with Gasteiger partial charge in [0.1, 0.15) is 12.6 Å². The van der Waals surface area contributed by atoms with E-state index >= 15 is 0 Å². The second-order valence-corrected chi connectivity index (χ2v) is 8.00. The van der Waals surface area contributed by atoms with Crippen molar-refractivity contribution in [3.63, 3.8) is 0 Å². The van der Waals surface area contributed by atoms with Crippen molar-refractivity contribution >= 4 is 17.7 Å². The lowest BCUT2D eigenvalue weighted by Crippen LogP contribution is -2.59. The zero-order valence-electron chi connectivity index (χ0n) is 17.4. The van der Waals surface area contributed by atoms with Crippen LogP contribution in [0.5, 0.6) is 0 Å². The second kappa shape index (κ2) is 8.26. The smallest absolute Gasteiger partial charge is 0.255 e. The average molecular weight is 406 g/mol. The standard InChI is InChI=1S/C23H26N4O3/c1-16-5-3-6-18(13-16)14-26-15-21(28)27-12-11-25(10-8-20(27)23(26)30)22(29)19-7-4-9-24-17(19)2/h3-7,9,13,20H,8,10-12,14-15H2,1-2H3. The molecule has 1 aromatic heterocycles. The van der Waals surface area contributed by atoms with Gasteiger partial charge in [0.2, 0.25) is 11.8 Å². The predicted molar refractivity (Wildman–Crippen MR) is 112 cm³/mol. The van der Waals surface area contributed by atoms with Crippen molar-refractivity contribution in [3.8, 4) is 0 Å². The minimum Gasteiger partial charge on any atom is -0.337 e. The molecule has 0 radical (unpaired) electrons. The monoisotopic (exact) mass is 406 g/mol. The molecule has 4 rings (SSSR count). The quantitative estimate of drug-likeness (QED) is 0.779. The number of benzene rings is 1. The molecule has 2 saturated heterocycles. The Hall–Kier alpha value is -3.22. The van der Waals surface area contributed by atoms with Crippen molar-refractivity contribution in [2.24, 2.45) is 0 Å². The minimum atomic E-state index is -0.510. The van der Waals surface area contributed by atoms with Crippen LogP contribution in [-0.4, -0.2) is 69.6 Å². The van der Waals surface area contributed by atoms with Crippen LogP contribution in [0.15, 0.2) is 42.6 Å². The Morgan fingerprint density at radius 2 is 1.93 bits per heavy atom. The lowest BCUT2D eigenvalue weighted by molar-refractivity contribution is -0.156. The SMILES string of the molecule is Cc1cccc(CN2CC(=O)N3CCN(C(=O)c4cccnc4C)CCC3C2=O)c1. The fraction of sp³-hybridized carbons (Fsp3) is 0.391. The number of amides is 3. The number of rotatable bonds is 3. The molecule has 3 heterocycles. The Morgan fingerprint density at radius 3 is 2.70 bits per heavy atom. The zero-order chi connectivity index (χ0) is 21.3. The van der Waals surface area contributed by atoms with Gasteiger partial charge in [-0.2, -0.15) is 0 Å². The van der Waals surface area contributed by atoms with Crippen molar-refractivity contribution in [2.75, 3.05) is 26.2 Å². The number of pyridine rings is 1. The molecule has 2 aliphatic rings. The fourth-order valence-electron chi connectivity index (χ4n) is 4.28. The van der Waals surface area contributed by atoms with Gasteiger partial charge in [-0.15, -0.1) is 0 Å². The number of piperazine rings is 1. The van der Waals surface area contributed by atoms with Crippen LogP contribution in [0.25, 0.3) is 0 Å². The molecule has 1 aromatic carbocycles. The van der Waals surface area contributed by atoms with Crippen LogP contribution >= 0.6 is 0 Å². The van der Waals surface area contributed by atoms with Crippen molar-refractivity contribution in [2.45, 2.75) is 32.9 Å². The summed E-state index contributed by atoms with van der Waals surface area (Å²) < 4.78 is 0. The van der Waals surface area contributed by atoms with E-state index in [2.05, 4.69) is 4.98 Å². The van der Waals surface area contributed by atoms with Crippen LogP contribution in [0.1, 0.15) is 33.6 Å². The topological polar surface area (TPSA) is 73.8 Å². The molecule has 7 heteroatoms. The van der Waals surface area contributed by atoms with Gasteiger partial charge in [0.15, 0.2) is 0 Å². The number of nitrogens with zero attached hydrogens (tertiary/aromatic N) is 4. The third-order valence-electron chi connectivity index (χ3n) is 5.88. The van der Waals surface area contributed by atoms with E-state index in [1.807, 2.05) is 38.1 Å². The molecule has 2 aliphatic heterocycles. The lowest BCUT2D eigenvalue weighted by Gasteiger charge is -2.39. The molecule has 0 saturated carbocycles. The van der Waals surface area contributed by atoms with E-state index in [4.69, 9.17) is 0 Å². The summed E-state index contributed by atoms with van der Waals surface area (Å²) in [6.07, 6.45) is 2.11. The number of hydrogen-bond acceptors (Lipinski definition) is 4. The molecule has 1 atom stereocenters. The van der Waals surface area contributed by atoms with Crippen LogP contribution in [0, 0.1) is 13.8 Å². The van der Waals surface area contributed by atoms with Gasteiger partial charge in [-0.25, -0.2) is 0 Å². The first-order valence-electron chi connectivity index (χ1n) is 10.3. The summed E-state index contributed by atoms with van der Waals surface area (Å²) >= 11 is 0. The fourth-order valence-corrected chi connectivity index (χ4v) is 4.28. The van der Waals surface area contributed by atoms with Crippen LogP contribution in [0.2, 0.25) is 0 Å². The van der Waals surface area contributed by atoms with E-state index in [0.29, 0.717) is 43.9 Å². The minimum absolute atomic E-state index is 0.0389. The van der Waals surface area contributed by atoms with Crippen LogP contribution in [-0.2, 0) is 16.1 Å². The van der Waals surface area contributed by atoms with Crippen molar-refractivity contribution in [3.05, 3.63) is 65.0 Å². The highest BCUT2D eigenvalue weighted by Crippen LogP contribution is 2.22. The highest BCUT2D eigenvalue weighted by molar-refractivity contribution is 5.97. The van der Waals surface area contributed by atoms with Gasteiger partial charge in [0.05, 0.1) is 5.56 Å². The van der Waals surface area contributed by atoms with E-state index in [0.717, 1.165) is 11.1 Å². The molecule has 0 spiro atoms. The molecule has 0 aliphatic carbocycles. The first-order chi connectivity index (χ1) is 14.4. The highest BCUT2D eigenvalue weighted by Gasteiger charge is 2.41. The number of fused-ring (bicyclic) bond motifs is 1. The molecule has 0 bridgehead atoms. The number of aromatic nitrogens is 1. The number of aryl methyl sites for hydroxylation is 2. The maximum Gasteiger partial charge on any atom is 0.255 e. The van der Waals surface area contributed by atoms with Crippen LogP contribution in [0.3, 0.4) is 0 Å². The predicted octanol–water partition coefficient (Wildman–Crippen LogP) is 1.78. The van der Waals surface area contributed by atoms with E-state index in [-0.39, 0.29) is 24.3 Å². The van der Waals surface area contributed by atoms with Gasteiger partial charge in [-0.1, -0.05) is 29.8 Å². The Kier molecular flexibility index (Phi) is 5.53. The number of carbonyl (C=O) groups is 3. The number of carbonyl (C=O) groups excluding carboxylic acids is 3. The third kappa shape index (κ3) is 3.92. The molecular formula is C23H26N4O3. The van der Waals surface area contributed by atoms with Gasteiger partial charge < -0.3 is 14.7 Å². The summed E-state index contributed by atoms with van der Waals surface area (Å²) in [6, 6.07) is 11.0. The normalized spacial score (nSPS) is 19.5. The van der Waals surface area contributed by atoms with E-state index < -0.39 is 6.04 Å². The molecule has 7 nitrogen and oxygen atoms in total. The third-order valence-corrected chi connectivity index (χ3v) is 5.88. The Morgan fingerprint density at radius 1 is 1.10 bits per heavy atom. The first kappa shape index (κ1) is 20.1. The van der Waals surface area contributed by atoms with Crippen LogP contribution in [0.4, 0.5) is 0 Å². The molecular weight excluding hydrogens is 380 g/mol. The largest absolute Gasteiger partial charge is 0.337 e. The molecule has 2 aromatic rings. The van der Waals surface area contributed by atoms with Gasteiger partial charge in [-0.3, -0.25) is 19.4 Å². The molecule has 3 amide bonds. The Labute approximate surface area is 176 Å². The van der Waals surface area contributed by atoms with Crippen molar-refractivity contribution in [1.82, 2.24) is 19.7 Å². The molecule has 2 fully saturated rings. The summed E-state index contributed by atoms with van der Waals surface area (Å²) in [5, 5.41) is 0. The summed E-state index contributed by atoms with van der Waals surface area (Å²) in [4.78, 5) is 48.2. The lowest BCUT2D eigenvalue weighted by atomic mass is 10.1. The van der Waals surface area contributed by atoms with Gasteiger partial charge >= 0.3 is 0 Å². The molecule has 156 valence electrons. The summed E-state index contributed by atoms with van der Waals surface area (Å²) in [5.74, 6) is -0.195. The molecule has 0 N–H and O–H groups in total. The van der Waals surface area contributed by atoms with Gasteiger partial charge in [0.25, 0.3) is 5.91 Å². The van der Waals surface area contributed by atoms with E-state index in [1.165, 1.54) is 0 Å². The van der Waals surface area contributed by atoms with E-state index in [9.17, 15) is 14.4 Å². The van der Waals surface area contributed by atoms with Gasteiger partial charge in [0, 0.05) is 38.1 Å². The van der Waals surface area contributed by atoms with E-state index in [1.54, 1.807) is 33.0 Å². The first-order valence-corrected chi connectivity index (χ1v) is 10.3. The Balaban J connectivity index is 1.49. The van der Waals surface area contributed by atoms with Crippen LogP contribution < -0.4 is 0 Å². The maximum atomic E-state index is 13.2. The Bertz CT molecular complexity index is 990. The summed E-state index contributed by atoms with van der Waals surface area (Å²) in [7, 11) is 0. The average Bonchev–Trinajstić information content (AvgIpc) is 2.95. The van der Waals surface area contributed by atoms with Crippen molar-refractivity contribution < 1.29 is 14.4 Å². The molecule has 1 unspecified atom stereocenters. The van der Waals surface area contributed by atoms with Crippen molar-refractivity contribution in [1.29, 1.82) is 0 Å². The summed E-state index contributed by atoms with van der Waals surface area (Å²) in [6.45, 7) is 5.55. The molecule has 30 heavy (non-hydrogen) atoms. The maximum absolute atomic E-state index is 13.2. The summed E-state index contributed by atoms with van der Waals surface area (Å²) in [5.41, 5.74) is 3.39. The second-order valence-electron chi connectivity index (χ2n) is 8.00. The zero-order valence-corrected chi connectivity index (χ0v) is 17.4. The highest BCUT2D eigenvalue weighted by atomic mass is 16.2. The number of hydrogen-bond donors (Lipinski definition) is 0. The van der Waals surface area contributed by atoms with Gasteiger partial charge in [-0.05, 0) is 38.0 Å².